The van der Waals surface area contributed by atoms with E-state index in [1.165, 1.54) is 4.88 Å². The first-order valence-electron chi connectivity index (χ1n) is 6.09. The summed E-state index contributed by atoms with van der Waals surface area (Å²) in [7, 11) is 0. The average molecular weight is 255 g/mol. The van der Waals surface area contributed by atoms with Crippen molar-refractivity contribution in [1.29, 1.82) is 0 Å². The Hall–Kier alpha value is -0.490. The van der Waals surface area contributed by atoms with E-state index in [1.807, 2.05) is 11.7 Å². The molecule has 1 aromatic rings. The molecule has 2 rings (SSSR count). The number of nitrogens with zero attached hydrogens (tertiary/aromatic N) is 2. The van der Waals surface area contributed by atoms with E-state index in [9.17, 15) is 0 Å². The average Bonchev–Trinajstić information content (AvgIpc) is 2.83. The maximum Gasteiger partial charge on any atom is 0.0794 e. The lowest BCUT2D eigenvalue weighted by Crippen LogP contribution is -2.54. The highest BCUT2D eigenvalue weighted by molar-refractivity contribution is 7.09. The summed E-state index contributed by atoms with van der Waals surface area (Å²) < 4.78 is 5.39. The van der Waals surface area contributed by atoms with Crippen molar-refractivity contribution in [3.05, 3.63) is 16.6 Å². The summed E-state index contributed by atoms with van der Waals surface area (Å²) in [4.78, 5) is 7.87. The summed E-state index contributed by atoms with van der Waals surface area (Å²) in [5.74, 6) is 0. The maximum absolute atomic E-state index is 5.39. The summed E-state index contributed by atoms with van der Waals surface area (Å²) in [6.45, 7) is 10.3. The molecule has 0 atom stereocenters. The Balaban J connectivity index is 1.76. The van der Waals surface area contributed by atoms with Crippen LogP contribution < -0.4 is 5.32 Å². The molecule has 4 nitrogen and oxygen atoms in total. The highest BCUT2D eigenvalue weighted by Gasteiger charge is 2.27. The predicted octanol–water partition coefficient (Wildman–Crippen LogP) is 1.34. The summed E-state index contributed by atoms with van der Waals surface area (Å²) in [6.07, 6.45) is 1.93. The minimum atomic E-state index is 0.189. The second-order valence-corrected chi connectivity index (χ2v) is 5.95. The molecule has 0 amide bonds. The molecule has 0 aliphatic carbocycles. The SMILES string of the molecule is CC(C)(CNCc1cncs1)N1CCOCC1. The van der Waals surface area contributed by atoms with Gasteiger partial charge in [-0.2, -0.15) is 0 Å². The first-order valence-corrected chi connectivity index (χ1v) is 6.97. The highest BCUT2D eigenvalue weighted by Crippen LogP contribution is 2.15. The number of aromatic nitrogens is 1. The number of hydrogen-bond donors (Lipinski definition) is 1. The molecule has 96 valence electrons. The smallest absolute Gasteiger partial charge is 0.0794 e. The number of thiazole rings is 1. The second-order valence-electron chi connectivity index (χ2n) is 4.98. The molecule has 2 heterocycles. The molecule has 1 aromatic heterocycles. The first-order chi connectivity index (χ1) is 8.18. The summed E-state index contributed by atoms with van der Waals surface area (Å²) in [5, 5.41) is 3.51. The van der Waals surface area contributed by atoms with Gasteiger partial charge in [0.15, 0.2) is 0 Å². The van der Waals surface area contributed by atoms with Crippen molar-refractivity contribution < 1.29 is 4.74 Å². The third-order valence-electron chi connectivity index (χ3n) is 3.21. The Kier molecular flexibility index (Phi) is 4.50. The topological polar surface area (TPSA) is 37.4 Å². The van der Waals surface area contributed by atoms with Crippen LogP contribution in [0, 0.1) is 0 Å². The fraction of sp³-hybridized carbons (Fsp3) is 0.750. The van der Waals surface area contributed by atoms with Crippen molar-refractivity contribution in [3.8, 4) is 0 Å². The van der Waals surface area contributed by atoms with E-state index in [1.54, 1.807) is 11.3 Å². The second kappa shape index (κ2) is 5.91. The quantitative estimate of drug-likeness (QED) is 0.861. The van der Waals surface area contributed by atoms with Gasteiger partial charge in [-0.1, -0.05) is 0 Å². The van der Waals surface area contributed by atoms with Gasteiger partial charge in [-0.3, -0.25) is 9.88 Å². The molecule has 0 spiro atoms. The lowest BCUT2D eigenvalue weighted by atomic mass is 10.0. The van der Waals surface area contributed by atoms with Crippen LogP contribution in [0.4, 0.5) is 0 Å². The highest BCUT2D eigenvalue weighted by atomic mass is 32.1. The third kappa shape index (κ3) is 3.74. The van der Waals surface area contributed by atoms with Crippen LogP contribution in [0.1, 0.15) is 18.7 Å². The van der Waals surface area contributed by atoms with Gasteiger partial charge >= 0.3 is 0 Å². The van der Waals surface area contributed by atoms with E-state index < -0.39 is 0 Å². The molecule has 0 bridgehead atoms. The molecule has 0 unspecified atom stereocenters. The van der Waals surface area contributed by atoms with Crippen molar-refractivity contribution in [2.75, 3.05) is 32.8 Å². The number of ether oxygens (including phenoxy) is 1. The van der Waals surface area contributed by atoms with Gasteiger partial charge in [0.1, 0.15) is 0 Å². The molecule has 17 heavy (non-hydrogen) atoms. The van der Waals surface area contributed by atoms with Crippen LogP contribution in [0.25, 0.3) is 0 Å². The van der Waals surface area contributed by atoms with Gasteiger partial charge < -0.3 is 10.1 Å². The molecule has 1 fully saturated rings. The Morgan fingerprint density at radius 3 is 2.88 bits per heavy atom. The van der Waals surface area contributed by atoms with Crippen molar-refractivity contribution in [3.63, 3.8) is 0 Å². The van der Waals surface area contributed by atoms with Gasteiger partial charge in [0.05, 0.1) is 18.7 Å². The largest absolute Gasteiger partial charge is 0.379 e. The lowest BCUT2D eigenvalue weighted by molar-refractivity contribution is -0.00965. The van der Waals surface area contributed by atoms with Crippen molar-refractivity contribution in [1.82, 2.24) is 15.2 Å². The molecule has 0 aromatic carbocycles. The van der Waals surface area contributed by atoms with E-state index in [2.05, 4.69) is 29.0 Å². The number of hydrogen-bond acceptors (Lipinski definition) is 5. The van der Waals surface area contributed by atoms with Crippen LogP contribution in [0.2, 0.25) is 0 Å². The predicted molar refractivity (Wildman–Crippen MR) is 70.3 cm³/mol. The first kappa shape index (κ1) is 13.0. The monoisotopic (exact) mass is 255 g/mol. The molecule has 0 radical (unpaired) electrons. The van der Waals surface area contributed by atoms with Gasteiger partial charge in [0, 0.05) is 42.8 Å². The Morgan fingerprint density at radius 1 is 1.47 bits per heavy atom. The van der Waals surface area contributed by atoms with Crippen LogP contribution in [0.3, 0.4) is 0 Å². The van der Waals surface area contributed by atoms with Gasteiger partial charge in [-0.05, 0) is 13.8 Å². The zero-order valence-electron chi connectivity index (χ0n) is 10.6. The van der Waals surface area contributed by atoms with Gasteiger partial charge in [-0.15, -0.1) is 11.3 Å². The van der Waals surface area contributed by atoms with Gasteiger partial charge in [0.25, 0.3) is 0 Å². The molecular formula is C12H21N3OS. The molecular weight excluding hydrogens is 234 g/mol. The van der Waals surface area contributed by atoms with Crippen molar-refractivity contribution >= 4 is 11.3 Å². The van der Waals surface area contributed by atoms with Crippen LogP contribution in [0.15, 0.2) is 11.7 Å². The molecule has 5 heteroatoms. The normalized spacial score (nSPS) is 18.5. The summed E-state index contributed by atoms with van der Waals surface area (Å²) in [6, 6.07) is 0. The van der Waals surface area contributed by atoms with Crippen LogP contribution >= 0.6 is 11.3 Å². The molecule has 0 saturated carbocycles. The van der Waals surface area contributed by atoms with Crippen LogP contribution in [-0.4, -0.2) is 48.3 Å². The van der Waals surface area contributed by atoms with E-state index in [4.69, 9.17) is 4.74 Å². The fourth-order valence-electron chi connectivity index (χ4n) is 2.10. The zero-order chi connectivity index (χ0) is 12.1. The fourth-order valence-corrected chi connectivity index (χ4v) is 2.67. The molecule has 1 saturated heterocycles. The van der Waals surface area contributed by atoms with E-state index in [0.717, 1.165) is 39.4 Å². The number of morpholine rings is 1. The van der Waals surface area contributed by atoms with Crippen LogP contribution in [-0.2, 0) is 11.3 Å². The minimum absolute atomic E-state index is 0.189. The number of nitrogens with one attached hydrogen (secondary N) is 1. The van der Waals surface area contributed by atoms with Crippen molar-refractivity contribution in [2.24, 2.45) is 0 Å². The van der Waals surface area contributed by atoms with E-state index in [-0.39, 0.29) is 5.54 Å². The molecule has 1 aliphatic heterocycles. The van der Waals surface area contributed by atoms with Crippen molar-refractivity contribution in [2.45, 2.75) is 25.9 Å². The Labute approximate surface area is 107 Å². The lowest BCUT2D eigenvalue weighted by Gasteiger charge is -2.41. The molecule has 1 aliphatic rings. The molecule has 1 N–H and O–H groups in total. The summed E-state index contributed by atoms with van der Waals surface area (Å²) in [5.41, 5.74) is 2.07. The minimum Gasteiger partial charge on any atom is -0.379 e. The van der Waals surface area contributed by atoms with E-state index >= 15 is 0 Å². The standard InChI is InChI=1S/C12H21N3OS/c1-12(2,15-3-5-16-6-4-15)9-13-7-11-8-14-10-17-11/h8,10,13H,3-7,9H2,1-2H3. The van der Waals surface area contributed by atoms with Crippen LogP contribution in [0.5, 0.6) is 0 Å². The zero-order valence-corrected chi connectivity index (χ0v) is 11.4. The van der Waals surface area contributed by atoms with Gasteiger partial charge in [-0.25, -0.2) is 0 Å². The summed E-state index contributed by atoms with van der Waals surface area (Å²) >= 11 is 1.70. The third-order valence-corrected chi connectivity index (χ3v) is 3.99. The Morgan fingerprint density at radius 2 is 2.24 bits per heavy atom. The number of rotatable bonds is 5. The van der Waals surface area contributed by atoms with Gasteiger partial charge in [0.2, 0.25) is 0 Å². The van der Waals surface area contributed by atoms with E-state index in [0.29, 0.717) is 0 Å². The maximum atomic E-state index is 5.39. The Bertz CT molecular complexity index is 321.